The summed E-state index contributed by atoms with van der Waals surface area (Å²) in [6.45, 7) is 6.67. The molecule has 3 aliphatic heterocycles. The second-order valence-corrected chi connectivity index (χ2v) is 14.1. The molecule has 4 amide bonds. The Morgan fingerprint density at radius 1 is 0.913 bits per heavy atom. The molecule has 9 nitrogen and oxygen atoms in total. The number of carbonyl (C=O) groups is 3. The number of rotatable bonds is 6. The number of aromatic amines is 1. The van der Waals surface area contributed by atoms with Crippen LogP contribution in [0.3, 0.4) is 0 Å². The molecule has 0 bridgehead atoms. The molecular weight excluding hydrogens is 576 g/mol. The predicted octanol–water partition coefficient (Wildman–Crippen LogP) is 4.75. The summed E-state index contributed by atoms with van der Waals surface area (Å²) in [6, 6.07) is 15.7. The van der Waals surface area contributed by atoms with Crippen LogP contribution in [-0.2, 0) is 15.0 Å². The molecule has 46 heavy (non-hydrogen) atoms. The van der Waals surface area contributed by atoms with Crippen molar-refractivity contribution >= 4 is 28.7 Å². The van der Waals surface area contributed by atoms with Gasteiger partial charge in [-0.25, -0.2) is 4.79 Å². The molecule has 0 radical (unpaired) electrons. The number of hydrogen-bond acceptors (Lipinski definition) is 4. The minimum Gasteiger partial charge on any atom is -0.361 e. The van der Waals surface area contributed by atoms with E-state index in [0.29, 0.717) is 13.1 Å². The molecule has 1 aliphatic carbocycles. The SMILES string of the molecule is CC(c1c[nH]c2ccccc12)C(NC(=O)NC1CCCNC1)C(=O)N1CCC2(CC1)CC(C(=O)N1CCCCC1)c1ccccc12. The number of likely N-dealkylation sites (tertiary alicyclic amines) is 2. The van der Waals surface area contributed by atoms with Crippen molar-refractivity contribution in [2.45, 2.75) is 87.6 Å². The molecule has 3 saturated heterocycles. The Morgan fingerprint density at radius 3 is 2.46 bits per heavy atom. The topological polar surface area (TPSA) is 110 Å². The van der Waals surface area contributed by atoms with Gasteiger partial charge in [-0.15, -0.1) is 0 Å². The number of nitrogens with one attached hydrogen (secondary N) is 4. The lowest BCUT2D eigenvalue weighted by molar-refractivity contribution is -0.136. The molecule has 4 aliphatic rings. The molecule has 3 fully saturated rings. The molecule has 4 unspecified atom stereocenters. The van der Waals surface area contributed by atoms with Gasteiger partial charge in [0.05, 0.1) is 5.92 Å². The maximum Gasteiger partial charge on any atom is 0.315 e. The first-order chi connectivity index (χ1) is 22.4. The van der Waals surface area contributed by atoms with E-state index in [9.17, 15) is 14.4 Å². The average Bonchev–Trinajstić information content (AvgIpc) is 3.67. The van der Waals surface area contributed by atoms with Gasteiger partial charge >= 0.3 is 6.03 Å². The predicted molar refractivity (Wildman–Crippen MR) is 180 cm³/mol. The first-order valence-electron chi connectivity index (χ1n) is 17.4. The summed E-state index contributed by atoms with van der Waals surface area (Å²) in [5.41, 5.74) is 4.40. The summed E-state index contributed by atoms with van der Waals surface area (Å²) in [4.78, 5) is 48.9. The number of H-pyrrole nitrogens is 1. The minimum absolute atomic E-state index is 0.0447. The molecule has 7 rings (SSSR count). The Labute approximate surface area is 271 Å². The molecule has 4 atom stereocenters. The van der Waals surface area contributed by atoms with Gasteiger partial charge in [0.15, 0.2) is 0 Å². The van der Waals surface area contributed by atoms with Crippen LogP contribution >= 0.6 is 0 Å². The summed E-state index contributed by atoms with van der Waals surface area (Å²) < 4.78 is 0. The fourth-order valence-corrected chi connectivity index (χ4v) is 8.67. The van der Waals surface area contributed by atoms with Gasteiger partial charge in [0.25, 0.3) is 0 Å². The van der Waals surface area contributed by atoms with Gasteiger partial charge in [-0.2, -0.15) is 0 Å². The Bertz CT molecular complexity index is 1560. The molecule has 3 aromatic rings. The van der Waals surface area contributed by atoms with E-state index in [-0.39, 0.29) is 41.1 Å². The molecule has 4 N–H and O–H groups in total. The summed E-state index contributed by atoms with van der Waals surface area (Å²) in [5, 5.41) is 10.6. The summed E-state index contributed by atoms with van der Waals surface area (Å²) >= 11 is 0. The Kier molecular flexibility index (Phi) is 8.77. The normalized spacial score (nSPS) is 23.9. The fourth-order valence-electron chi connectivity index (χ4n) is 8.67. The molecule has 1 spiro atoms. The van der Waals surface area contributed by atoms with Crippen LogP contribution in [0.5, 0.6) is 0 Å². The molecule has 9 heteroatoms. The Morgan fingerprint density at radius 2 is 1.67 bits per heavy atom. The highest BCUT2D eigenvalue weighted by Crippen LogP contribution is 2.52. The van der Waals surface area contributed by atoms with Crippen LogP contribution in [-0.4, -0.2) is 84.0 Å². The average molecular weight is 625 g/mol. The van der Waals surface area contributed by atoms with Crippen molar-refractivity contribution in [1.82, 2.24) is 30.7 Å². The number of nitrogens with zero attached hydrogens (tertiary/aromatic N) is 2. The molecule has 244 valence electrons. The third-order valence-corrected chi connectivity index (χ3v) is 11.3. The van der Waals surface area contributed by atoms with Crippen LogP contribution in [0.1, 0.15) is 86.8 Å². The van der Waals surface area contributed by atoms with Crippen molar-refractivity contribution in [1.29, 1.82) is 0 Å². The van der Waals surface area contributed by atoms with E-state index in [4.69, 9.17) is 0 Å². The van der Waals surface area contributed by atoms with E-state index in [0.717, 1.165) is 87.6 Å². The number of benzene rings is 2. The lowest BCUT2D eigenvalue weighted by Gasteiger charge is -2.42. The van der Waals surface area contributed by atoms with Gasteiger partial charge < -0.3 is 30.7 Å². The zero-order chi connectivity index (χ0) is 31.7. The van der Waals surface area contributed by atoms with Gasteiger partial charge in [-0.3, -0.25) is 9.59 Å². The van der Waals surface area contributed by atoms with Crippen LogP contribution in [0, 0.1) is 0 Å². The molecule has 2 aromatic carbocycles. The first kappa shape index (κ1) is 30.8. The first-order valence-corrected chi connectivity index (χ1v) is 17.4. The Hall–Kier alpha value is -3.85. The highest BCUT2D eigenvalue weighted by molar-refractivity contribution is 5.91. The molecule has 0 saturated carbocycles. The number of para-hydroxylation sites is 1. The smallest absolute Gasteiger partial charge is 0.315 e. The Balaban J connectivity index is 1.09. The van der Waals surface area contributed by atoms with Crippen molar-refractivity contribution in [3.63, 3.8) is 0 Å². The van der Waals surface area contributed by atoms with E-state index >= 15 is 0 Å². The number of piperidine rings is 3. The highest BCUT2D eigenvalue weighted by Gasteiger charge is 2.49. The number of aromatic nitrogens is 1. The summed E-state index contributed by atoms with van der Waals surface area (Å²) in [6.07, 6.45) is 9.73. The van der Waals surface area contributed by atoms with Gasteiger partial charge in [0.2, 0.25) is 11.8 Å². The number of hydrogen-bond donors (Lipinski definition) is 4. The number of carbonyl (C=O) groups excluding carboxylic acids is 3. The highest BCUT2D eigenvalue weighted by atomic mass is 16.2. The van der Waals surface area contributed by atoms with E-state index in [1.807, 2.05) is 36.2 Å². The molecule has 1 aromatic heterocycles. The fraction of sp³-hybridized carbons (Fsp3) is 0.541. The van der Waals surface area contributed by atoms with E-state index in [2.05, 4.69) is 56.2 Å². The third-order valence-electron chi connectivity index (χ3n) is 11.3. The zero-order valence-electron chi connectivity index (χ0n) is 27.0. The van der Waals surface area contributed by atoms with Gasteiger partial charge in [-0.05, 0) is 80.7 Å². The van der Waals surface area contributed by atoms with Crippen molar-refractivity contribution in [3.8, 4) is 0 Å². The molecular formula is C37H48N6O3. The second-order valence-electron chi connectivity index (χ2n) is 14.1. The third kappa shape index (κ3) is 5.90. The number of amides is 4. The van der Waals surface area contributed by atoms with Crippen LogP contribution in [0.15, 0.2) is 54.7 Å². The summed E-state index contributed by atoms with van der Waals surface area (Å²) in [5.74, 6) is -0.116. The van der Waals surface area contributed by atoms with E-state index in [1.54, 1.807) is 0 Å². The van der Waals surface area contributed by atoms with Crippen molar-refractivity contribution in [2.75, 3.05) is 39.3 Å². The maximum atomic E-state index is 14.4. The molecule has 4 heterocycles. The van der Waals surface area contributed by atoms with Crippen LogP contribution in [0.25, 0.3) is 10.9 Å². The van der Waals surface area contributed by atoms with Gasteiger partial charge in [-0.1, -0.05) is 49.4 Å². The second kappa shape index (κ2) is 13.1. The van der Waals surface area contributed by atoms with E-state index in [1.165, 1.54) is 17.5 Å². The lowest BCUT2D eigenvalue weighted by Crippen LogP contribution is -2.57. The van der Waals surface area contributed by atoms with Crippen LogP contribution in [0.2, 0.25) is 0 Å². The summed E-state index contributed by atoms with van der Waals surface area (Å²) in [7, 11) is 0. The van der Waals surface area contributed by atoms with Crippen molar-refractivity contribution in [2.24, 2.45) is 0 Å². The van der Waals surface area contributed by atoms with E-state index < -0.39 is 6.04 Å². The zero-order valence-corrected chi connectivity index (χ0v) is 27.0. The van der Waals surface area contributed by atoms with Crippen molar-refractivity contribution < 1.29 is 14.4 Å². The number of fused-ring (bicyclic) bond motifs is 3. The standard InChI is InChI=1S/C37H48N6O3/c1-25(30-24-39-32-14-6-4-12-28(30)32)33(41-36(46)40-26-10-9-17-38-23-26)35(45)43-20-15-37(16-21-43)22-29(27-11-3-5-13-31(27)37)34(44)42-18-7-2-8-19-42/h3-6,11-14,24-26,29,33,38-39H,2,7-10,15-23H2,1H3,(H2,40,41,46). The quantitative estimate of drug-likeness (QED) is 0.317. The largest absolute Gasteiger partial charge is 0.361 e. The van der Waals surface area contributed by atoms with Crippen LogP contribution in [0.4, 0.5) is 4.79 Å². The van der Waals surface area contributed by atoms with Crippen molar-refractivity contribution in [3.05, 3.63) is 71.4 Å². The minimum atomic E-state index is -0.714. The number of urea groups is 1. The maximum absolute atomic E-state index is 14.4. The van der Waals surface area contributed by atoms with Gasteiger partial charge in [0.1, 0.15) is 6.04 Å². The monoisotopic (exact) mass is 624 g/mol. The van der Waals surface area contributed by atoms with Gasteiger partial charge in [0, 0.05) is 67.2 Å². The van der Waals surface area contributed by atoms with Crippen LogP contribution < -0.4 is 16.0 Å². The lowest BCUT2D eigenvalue weighted by atomic mass is 9.73.